The van der Waals surface area contributed by atoms with Gasteiger partial charge in [-0.2, -0.15) is 0 Å². The third-order valence-electron chi connectivity index (χ3n) is 3.81. The van der Waals surface area contributed by atoms with Crippen molar-refractivity contribution in [2.45, 2.75) is 39.5 Å². The minimum atomic E-state index is -1.07. The van der Waals surface area contributed by atoms with E-state index >= 15 is 0 Å². The number of hydrogen-bond acceptors (Lipinski definition) is 4. The molecule has 6 nitrogen and oxygen atoms in total. The summed E-state index contributed by atoms with van der Waals surface area (Å²) < 4.78 is 0. The molecule has 0 aliphatic carbocycles. The zero-order valence-electron chi connectivity index (χ0n) is 14.1. The van der Waals surface area contributed by atoms with Crippen LogP contribution in [-0.4, -0.2) is 32.1 Å². The Bertz CT molecular complexity index is 798. The number of nitrogens with zero attached hydrogens (tertiary/aromatic N) is 2. The molecule has 0 bridgehead atoms. The lowest BCUT2D eigenvalue weighted by Gasteiger charge is -2.19. The lowest BCUT2D eigenvalue weighted by molar-refractivity contribution is 0.0684. The van der Waals surface area contributed by atoms with Gasteiger partial charge >= 0.3 is 11.9 Å². The Morgan fingerprint density at radius 3 is 2.17 bits per heavy atom. The first kappa shape index (κ1) is 17.6. The van der Waals surface area contributed by atoms with E-state index in [1.54, 1.807) is 6.20 Å². The van der Waals surface area contributed by atoms with Crippen LogP contribution in [0.3, 0.4) is 0 Å². The molecule has 6 heteroatoms. The van der Waals surface area contributed by atoms with Gasteiger partial charge in [-0.05, 0) is 35.1 Å². The van der Waals surface area contributed by atoms with Crippen molar-refractivity contribution in [3.63, 3.8) is 0 Å². The summed E-state index contributed by atoms with van der Waals surface area (Å²) in [6, 6.07) is 2.80. The van der Waals surface area contributed by atoms with Crippen LogP contribution in [0.15, 0.2) is 24.5 Å². The van der Waals surface area contributed by atoms with Crippen molar-refractivity contribution in [3.8, 4) is 11.4 Å². The predicted octanol–water partition coefficient (Wildman–Crippen LogP) is 3.79. The fraction of sp³-hybridized carbons (Fsp3) is 0.333. The fourth-order valence-electron chi connectivity index (χ4n) is 2.68. The molecule has 0 saturated heterocycles. The number of aromatic carboxylic acids is 2. The number of carbonyl (C=O) groups is 2. The first-order valence-electron chi connectivity index (χ1n) is 7.69. The number of hydrogen-bond donors (Lipinski definition) is 2. The van der Waals surface area contributed by atoms with Crippen LogP contribution in [0.25, 0.3) is 11.4 Å². The van der Waals surface area contributed by atoms with E-state index in [4.69, 9.17) is 5.11 Å². The van der Waals surface area contributed by atoms with Crippen LogP contribution in [0.1, 0.15) is 71.4 Å². The van der Waals surface area contributed by atoms with Crippen molar-refractivity contribution >= 4 is 11.9 Å². The third-order valence-corrected chi connectivity index (χ3v) is 3.81. The zero-order chi connectivity index (χ0) is 18.0. The van der Waals surface area contributed by atoms with E-state index in [-0.39, 0.29) is 23.0 Å². The molecule has 0 atom stereocenters. The van der Waals surface area contributed by atoms with Crippen molar-refractivity contribution in [2.24, 2.45) is 0 Å². The summed E-state index contributed by atoms with van der Waals surface area (Å²) in [4.78, 5) is 31.7. The van der Waals surface area contributed by atoms with Gasteiger partial charge in [0.25, 0.3) is 0 Å². The summed E-state index contributed by atoms with van der Waals surface area (Å²) in [6.07, 6.45) is 2.94. The maximum Gasteiger partial charge on any atom is 0.336 e. The fourth-order valence-corrected chi connectivity index (χ4v) is 2.68. The minimum absolute atomic E-state index is 0.00784. The summed E-state index contributed by atoms with van der Waals surface area (Å²) in [5, 5.41) is 18.9. The van der Waals surface area contributed by atoms with Crippen molar-refractivity contribution in [1.82, 2.24) is 9.97 Å². The smallest absolute Gasteiger partial charge is 0.336 e. The summed E-state index contributed by atoms with van der Waals surface area (Å²) in [5.41, 5.74) is 2.31. The second kappa shape index (κ2) is 6.78. The highest BCUT2D eigenvalue weighted by molar-refractivity contribution is 5.94. The number of carboxylic acids is 2. The van der Waals surface area contributed by atoms with Crippen LogP contribution >= 0.6 is 0 Å². The van der Waals surface area contributed by atoms with Crippen LogP contribution in [-0.2, 0) is 0 Å². The molecule has 2 N–H and O–H groups in total. The van der Waals surface area contributed by atoms with E-state index < -0.39 is 11.9 Å². The van der Waals surface area contributed by atoms with Gasteiger partial charge < -0.3 is 10.2 Å². The van der Waals surface area contributed by atoms with Crippen molar-refractivity contribution in [3.05, 3.63) is 46.8 Å². The Morgan fingerprint density at radius 1 is 1.00 bits per heavy atom. The number of aromatic nitrogens is 2. The molecule has 0 aliphatic heterocycles. The maximum atomic E-state index is 11.9. The van der Waals surface area contributed by atoms with Crippen LogP contribution in [0, 0.1) is 0 Å². The second-order valence-corrected chi connectivity index (χ2v) is 6.20. The van der Waals surface area contributed by atoms with Gasteiger partial charge in [0, 0.05) is 12.4 Å². The average molecular weight is 328 g/mol. The van der Waals surface area contributed by atoms with Gasteiger partial charge in [0.05, 0.1) is 22.5 Å². The Morgan fingerprint density at radius 2 is 1.67 bits per heavy atom. The standard InChI is InChI=1S/C18H20N2O4/c1-9(2)12-8-20-16(14(10(3)4)15(12)18(23)24)13-7-11(17(21)22)5-6-19-13/h5-10H,1-4H3,(H,21,22)(H,23,24). The third kappa shape index (κ3) is 3.27. The number of rotatable bonds is 5. The highest BCUT2D eigenvalue weighted by Gasteiger charge is 2.25. The summed E-state index contributed by atoms with van der Waals surface area (Å²) in [7, 11) is 0. The van der Waals surface area contributed by atoms with E-state index in [0.29, 0.717) is 22.5 Å². The normalized spacial score (nSPS) is 11.1. The molecule has 0 spiro atoms. The van der Waals surface area contributed by atoms with Gasteiger partial charge in [-0.3, -0.25) is 9.97 Å². The Labute approximate surface area is 140 Å². The van der Waals surface area contributed by atoms with E-state index in [9.17, 15) is 14.7 Å². The molecule has 126 valence electrons. The maximum absolute atomic E-state index is 11.9. The molecular formula is C18H20N2O4. The molecule has 0 amide bonds. The molecule has 24 heavy (non-hydrogen) atoms. The quantitative estimate of drug-likeness (QED) is 0.866. The van der Waals surface area contributed by atoms with Crippen molar-refractivity contribution < 1.29 is 19.8 Å². The number of carboxylic acid groups (broad SMARTS) is 2. The molecule has 0 aliphatic rings. The topological polar surface area (TPSA) is 100 Å². The summed E-state index contributed by atoms with van der Waals surface area (Å²) in [5.74, 6) is -2.18. The van der Waals surface area contributed by atoms with Crippen LogP contribution < -0.4 is 0 Å². The molecule has 0 fully saturated rings. The minimum Gasteiger partial charge on any atom is -0.478 e. The van der Waals surface area contributed by atoms with Gasteiger partial charge in [0.15, 0.2) is 0 Å². The molecule has 0 aromatic carbocycles. The molecule has 2 aromatic rings. The highest BCUT2D eigenvalue weighted by atomic mass is 16.4. The van der Waals surface area contributed by atoms with Gasteiger partial charge in [-0.15, -0.1) is 0 Å². The van der Waals surface area contributed by atoms with E-state index in [1.165, 1.54) is 18.3 Å². The SMILES string of the molecule is CC(C)c1cnc(-c2cc(C(=O)O)ccn2)c(C(C)C)c1C(=O)O. The predicted molar refractivity (Wildman–Crippen MR) is 89.6 cm³/mol. The second-order valence-electron chi connectivity index (χ2n) is 6.20. The van der Waals surface area contributed by atoms with Crippen LogP contribution in [0.4, 0.5) is 0 Å². The van der Waals surface area contributed by atoms with Gasteiger partial charge in [0.2, 0.25) is 0 Å². The first-order valence-corrected chi connectivity index (χ1v) is 7.69. The first-order chi connectivity index (χ1) is 11.2. The van der Waals surface area contributed by atoms with Crippen molar-refractivity contribution in [1.29, 1.82) is 0 Å². The largest absolute Gasteiger partial charge is 0.478 e. The average Bonchev–Trinajstić information content (AvgIpc) is 2.53. The molecule has 2 aromatic heterocycles. The van der Waals surface area contributed by atoms with Crippen molar-refractivity contribution in [2.75, 3.05) is 0 Å². The van der Waals surface area contributed by atoms with E-state index in [2.05, 4.69) is 9.97 Å². The van der Waals surface area contributed by atoms with Gasteiger partial charge in [-0.25, -0.2) is 9.59 Å². The summed E-state index contributed by atoms with van der Waals surface area (Å²) in [6.45, 7) is 7.60. The highest BCUT2D eigenvalue weighted by Crippen LogP contribution is 2.34. The summed E-state index contributed by atoms with van der Waals surface area (Å²) >= 11 is 0. The van der Waals surface area contributed by atoms with E-state index in [1.807, 2.05) is 27.7 Å². The molecule has 0 saturated carbocycles. The van der Waals surface area contributed by atoms with E-state index in [0.717, 1.165) is 0 Å². The van der Waals surface area contributed by atoms with Crippen LogP contribution in [0.5, 0.6) is 0 Å². The van der Waals surface area contributed by atoms with Gasteiger partial charge in [-0.1, -0.05) is 27.7 Å². The van der Waals surface area contributed by atoms with Crippen LogP contribution in [0.2, 0.25) is 0 Å². The Kier molecular flexibility index (Phi) is 4.97. The number of pyridine rings is 2. The molecule has 0 unspecified atom stereocenters. The Hall–Kier alpha value is -2.76. The lowest BCUT2D eigenvalue weighted by Crippen LogP contribution is -2.13. The molecular weight excluding hydrogens is 308 g/mol. The Balaban J connectivity index is 2.80. The zero-order valence-corrected chi connectivity index (χ0v) is 14.1. The molecule has 2 heterocycles. The monoisotopic (exact) mass is 328 g/mol. The van der Waals surface area contributed by atoms with Gasteiger partial charge in [0.1, 0.15) is 0 Å². The molecule has 2 rings (SSSR count). The molecule has 0 radical (unpaired) electrons. The lowest BCUT2D eigenvalue weighted by atomic mass is 9.88.